The second-order valence-electron chi connectivity index (χ2n) is 5.39. The number of benzene rings is 2. The van der Waals surface area contributed by atoms with Gasteiger partial charge in [-0.05, 0) is 37.1 Å². The summed E-state index contributed by atoms with van der Waals surface area (Å²) in [6.45, 7) is 1.82. The smallest absolute Gasteiger partial charge is 0.240 e. The van der Waals surface area contributed by atoms with Gasteiger partial charge in [-0.3, -0.25) is 0 Å². The number of hydrogen-bond donors (Lipinski definition) is 2. The number of rotatable bonds is 8. The first kappa shape index (κ1) is 18.9. The Balaban J connectivity index is 2.21. The minimum absolute atomic E-state index is 0.0426. The zero-order valence-corrected chi connectivity index (χ0v) is 14.7. The summed E-state index contributed by atoms with van der Waals surface area (Å²) in [6.07, 6.45) is 0.360. The molecule has 0 saturated heterocycles. The van der Waals surface area contributed by atoms with Crippen LogP contribution in [0.3, 0.4) is 0 Å². The topological polar surface area (TPSA) is 99.4 Å². The molecule has 0 aliphatic heterocycles. The number of aliphatic hydroxyl groups excluding tert-OH is 1. The molecule has 0 fully saturated rings. The third kappa shape index (κ3) is 5.03. The molecule has 0 bridgehead atoms. The van der Waals surface area contributed by atoms with E-state index in [1.165, 1.54) is 18.2 Å². The third-order valence-electron chi connectivity index (χ3n) is 3.55. The number of nitrogens with one attached hydrogen (secondary N) is 1. The van der Waals surface area contributed by atoms with Gasteiger partial charge in [0, 0.05) is 6.04 Å². The quantitative estimate of drug-likeness (QED) is 0.748. The fraction of sp³-hybridized carbons (Fsp3) is 0.278. The van der Waals surface area contributed by atoms with Gasteiger partial charge in [0.05, 0.1) is 23.7 Å². The molecule has 0 aliphatic carbocycles. The van der Waals surface area contributed by atoms with E-state index in [1.807, 2.05) is 36.4 Å². The monoisotopic (exact) mass is 360 g/mol. The van der Waals surface area contributed by atoms with Crippen LogP contribution >= 0.6 is 0 Å². The number of aliphatic hydroxyl groups is 1. The van der Waals surface area contributed by atoms with Gasteiger partial charge in [0.2, 0.25) is 10.0 Å². The van der Waals surface area contributed by atoms with Gasteiger partial charge in [0.15, 0.2) is 0 Å². The minimum atomic E-state index is -3.87. The van der Waals surface area contributed by atoms with Crippen molar-refractivity contribution in [2.75, 3.05) is 13.2 Å². The standard InChI is InChI=1S/C18H20N2O4S/c1-2-24-18-9-8-17(11-15(18)12-19)25(22,23)20-16(13-21)10-14-6-4-3-5-7-14/h3-9,11,16,20-21H,2,10,13H2,1H3. The Morgan fingerprint density at radius 3 is 2.56 bits per heavy atom. The number of hydrogen-bond acceptors (Lipinski definition) is 5. The molecule has 0 radical (unpaired) electrons. The van der Waals surface area contributed by atoms with Gasteiger partial charge in [-0.1, -0.05) is 30.3 Å². The Kier molecular flexibility index (Phi) is 6.53. The lowest BCUT2D eigenvalue weighted by molar-refractivity contribution is 0.256. The molecule has 2 N–H and O–H groups in total. The first-order valence-electron chi connectivity index (χ1n) is 7.84. The van der Waals surface area contributed by atoms with Crippen molar-refractivity contribution in [1.29, 1.82) is 5.26 Å². The second-order valence-corrected chi connectivity index (χ2v) is 7.11. The zero-order chi connectivity index (χ0) is 18.3. The normalized spacial score (nSPS) is 12.4. The summed E-state index contributed by atoms with van der Waals surface area (Å²) in [5.74, 6) is 0.340. The van der Waals surface area contributed by atoms with Crippen LogP contribution in [-0.4, -0.2) is 32.8 Å². The lowest BCUT2D eigenvalue weighted by atomic mass is 10.1. The maximum Gasteiger partial charge on any atom is 0.240 e. The van der Waals surface area contributed by atoms with Gasteiger partial charge in [0.1, 0.15) is 11.8 Å². The van der Waals surface area contributed by atoms with Crippen molar-refractivity contribution in [3.8, 4) is 11.8 Å². The largest absolute Gasteiger partial charge is 0.492 e. The molecule has 1 unspecified atom stereocenters. The van der Waals surface area contributed by atoms with Crippen LogP contribution in [0, 0.1) is 11.3 Å². The average molecular weight is 360 g/mol. The summed E-state index contributed by atoms with van der Waals surface area (Å²) in [4.78, 5) is -0.0426. The molecule has 0 aromatic heterocycles. The van der Waals surface area contributed by atoms with Gasteiger partial charge in [0.25, 0.3) is 0 Å². The van der Waals surface area contributed by atoms with Crippen molar-refractivity contribution in [3.63, 3.8) is 0 Å². The van der Waals surface area contributed by atoms with Gasteiger partial charge >= 0.3 is 0 Å². The van der Waals surface area contributed by atoms with E-state index in [2.05, 4.69) is 4.72 Å². The maximum absolute atomic E-state index is 12.6. The zero-order valence-electron chi connectivity index (χ0n) is 13.8. The fourth-order valence-corrected chi connectivity index (χ4v) is 3.63. The van der Waals surface area contributed by atoms with E-state index < -0.39 is 16.1 Å². The van der Waals surface area contributed by atoms with Crippen LogP contribution in [0.1, 0.15) is 18.1 Å². The predicted molar refractivity (Wildman–Crippen MR) is 93.7 cm³/mol. The van der Waals surface area contributed by atoms with Crippen LogP contribution in [-0.2, 0) is 16.4 Å². The highest BCUT2D eigenvalue weighted by atomic mass is 32.2. The molecule has 7 heteroatoms. The summed E-state index contributed by atoms with van der Waals surface area (Å²) >= 11 is 0. The van der Waals surface area contributed by atoms with Crippen molar-refractivity contribution < 1.29 is 18.3 Å². The van der Waals surface area contributed by atoms with E-state index in [0.29, 0.717) is 18.8 Å². The Bertz CT molecular complexity index is 845. The number of nitriles is 1. The summed E-state index contributed by atoms with van der Waals surface area (Å²) in [6, 6.07) is 14.7. The maximum atomic E-state index is 12.6. The number of ether oxygens (including phenoxy) is 1. The van der Waals surface area contributed by atoms with Crippen LogP contribution in [0.5, 0.6) is 5.75 Å². The highest BCUT2D eigenvalue weighted by Crippen LogP contribution is 2.22. The molecule has 2 aromatic rings. The third-order valence-corrected chi connectivity index (χ3v) is 5.07. The lowest BCUT2D eigenvalue weighted by Gasteiger charge is -2.17. The molecular formula is C18H20N2O4S. The summed E-state index contributed by atoms with van der Waals surface area (Å²) in [7, 11) is -3.87. The molecule has 0 spiro atoms. The van der Waals surface area contributed by atoms with Crippen molar-refractivity contribution in [1.82, 2.24) is 4.72 Å². The second kappa shape index (κ2) is 8.62. The first-order valence-corrected chi connectivity index (χ1v) is 9.32. The first-order chi connectivity index (χ1) is 12.0. The minimum Gasteiger partial charge on any atom is -0.492 e. The molecule has 2 aromatic carbocycles. The van der Waals surface area contributed by atoms with Crippen LogP contribution in [0.15, 0.2) is 53.4 Å². The molecule has 0 aliphatic rings. The van der Waals surface area contributed by atoms with Gasteiger partial charge in [-0.2, -0.15) is 5.26 Å². The van der Waals surface area contributed by atoms with E-state index in [9.17, 15) is 18.8 Å². The number of nitrogens with zero attached hydrogens (tertiary/aromatic N) is 1. The highest BCUT2D eigenvalue weighted by Gasteiger charge is 2.21. The van der Waals surface area contributed by atoms with E-state index in [1.54, 1.807) is 6.92 Å². The number of sulfonamides is 1. The van der Waals surface area contributed by atoms with E-state index in [-0.39, 0.29) is 17.1 Å². The molecule has 6 nitrogen and oxygen atoms in total. The van der Waals surface area contributed by atoms with Gasteiger partial charge in [-0.25, -0.2) is 13.1 Å². The molecule has 0 saturated carbocycles. The molecule has 0 heterocycles. The summed E-state index contributed by atoms with van der Waals surface area (Å²) < 4.78 is 32.9. The van der Waals surface area contributed by atoms with Gasteiger partial charge < -0.3 is 9.84 Å². The Morgan fingerprint density at radius 1 is 1.24 bits per heavy atom. The van der Waals surface area contributed by atoms with Crippen LogP contribution < -0.4 is 9.46 Å². The Hall–Kier alpha value is -2.40. The van der Waals surface area contributed by atoms with E-state index in [4.69, 9.17) is 4.74 Å². The summed E-state index contributed by atoms with van der Waals surface area (Å²) in [5.41, 5.74) is 1.06. The molecule has 1 atom stereocenters. The highest BCUT2D eigenvalue weighted by molar-refractivity contribution is 7.89. The SMILES string of the molecule is CCOc1ccc(S(=O)(=O)NC(CO)Cc2ccccc2)cc1C#N. The van der Waals surface area contributed by atoms with Crippen molar-refractivity contribution in [2.24, 2.45) is 0 Å². The Morgan fingerprint density at radius 2 is 1.96 bits per heavy atom. The van der Waals surface area contributed by atoms with Crippen molar-refractivity contribution in [3.05, 3.63) is 59.7 Å². The van der Waals surface area contributed by atoms with Crippen LogP contribution in [0.25, 0.3) is 0 Å². The fourth-order valence-electron chi connectivity index (χ4n) is 2.37. The van der Waals surface area contributed by atoms with Crippen LogP contribution in [0.2, 0.25) is 0 Å². The van der Waals surface area contributed by atoms with Crippen molar-refractivity contribution in [2.45, 2.75) is 24.3 Å². The summed E-state index contributed by atoms with van der Waals surface area (Å²) in [5, 5.41) is 18.7. The molecule has 132 valence electrons. The van der Waals surface area contributed by atoms with Crippen LogP contribution in [0.4, 0.5) is 0 Å². The lowest BCUT2D eigenvalue weighted by Crippen LogP contribution is -2.39. The molecular weight excluding hydrogens is 340 g/mol. The molecule has 2 rings (SSSR count). The predicted octanol–water partition coefficient (Wildman–Crippen LogP) is 1.84. The van der Waals surface area contributed by atoms with E-state index in [0.717, 1.165) is 5.56 Å². The van der Waals surface area contributed by atoms with Gasteiger partial charge in [-0.15, -0.1) is 0 Å². The molecule has 25 heavy (non-hydrogen) atoms. The van der Waals surface area contributed by atoms with Crippen molar-refractivity contribution >= 4 is 10.0 Å². The Labute approximate surface area is 147 Å². The molecule has 0 amide bonds. The average Bonchev–Trinajstić information content (AvgIpc) is 2.62. The van der Waals surface area contributed by atoms with E-state index >= 15 is 0 Å².